The Morgan fingerprint density at radius 1 is 1.20 bits per heavy atom. The average molecular weight is 278 g/mol. The highest BCUT2D eigenvalue weighted by Gasteiger charge is 2.13. The number of rotatable bonds is 6. The van der Waals surface area contributed by atoms with Crippen molar-refractivity contribution in [2.75, 3.05) is 7.05 Å². The second-order valence-electron chi connectivity index (χ2n) is 4.82. The molecule has 0 fully saturated rings. The molecule has 1 aromatic rings. The number of nitrogens with one attached hydrogen (secondary N) is 1. The van der Waals surface area contributed by atoms with Crippen LogP contribution in [0.4, 0.5) is 4.79 Å². The maximum atomic E-state index is 12.0. The summed E-state index contributed by atoms with van der Waals surface area (Å²) in [5.74, 6) is -0.948. The largest absolute Gasteiger partial charge is 0.478 e. The lowest BCUT2D eigenvalue weighted by atomic mass is 10.1. The van der Waals surface area contributed by atoms with Crippen molar-refractivity contribution in [3.05, 3.63) is 35.4 Å². The molecular formula is C15H22N2O3. The highest BCUT2D eigenvalue weighted by molar-refractivity contribution is 5.87. The molecule has 0 heterocycles. The monoisotopic (exact) mass is 278 g/mol. The maximum Gasteiger partial charge on any atom is 0.335 e. The summed E-state index contributed by atoms with van der Waals surface area (Å²) in [5.41, 5.74) is 1.15. The van der Waals surface area contributed by atoms with Gasteiger partial charge in [0, 0.05) is 19.6 Å². The number of carboxylic acids is 1. The summed E-state index contributed by atoms with van der Waals surface area (Å²) in [6.45, 7) is 4.53. The average Bonchev–Trinajstić information content (AvgIpc) is 2.44. The third kappa shape index (κ3) is 4.57. The molecule has 0 saturated carbocycles. The van der Waals surface area contributed by atoms with E-state index in [-0.39, 0.29) is 17.6 Å². The fourth-order valence-corrected chi connectivity index (χ4v) is 1.88. The summed E-state index contributed by atoms with van der Waals surface area (Å²) in [7, 11) is 1.73. The van der Waals surface area contributed by atoms with Crippen molar-refractivity contribution in [3.63, 3.8) is 0 Å². The van der Waals surface area contributed by atoms with Crippen molar-refractivity contribution < 1.29 is 14.7 Å². The van der Waals surface area contributed by atoms with Crippen LogP contribution in [0.25, 0.3) is 0 Å². The lowest BCUT2D eigenvalue weighted by Gasteiger charge is -2.22. The predicted molar refractivity (Wildman–Crippen MR) is 77.8 cm³/mol. The van der Waals surface area contributed by atoms with E-state index in [4.69, 9.17) is 5.11 Å². The van der Waals surface area contributed by atoms with Gasteiger partial charge in [-0.3, -0.25) is 0 Å². The first-order valence-electron chi connectivity index (χ1n) is 6.81. The summed E-state index contributed by atoms with van der Waals surface area (Å²) in [6, 6.07) is 6.63. The molecular weight excluding hydrogens is 256 g/mol. The van der Waals surface area contributed by atoms with E-state index in [0.717, 1.165) is 18.4 Å². The van der Waals surface area contributed by atoms with E-state index in [1.54, 1.807) is 36.2 Å². The van der Waals surface area contributed by atoms with E-state index in [9.17, 15) is 9.59 Å². The van der Waals surface area contributed by atoms with Crippen LogP contribution in [0.1, 0.15) is 42.6 Å². The third-order valence-electron chi connectivity index (χ3n) is 3.28. The summed E-state index contributed by atoms with van der Waals surface area (Å²) in [4.78, 5) is 24.3. The van der Waals surface area contributed by atoms with Gasteiger partial charge in [0.15, 0.2) is 0 Å². The number of carbonyl (C=O) groups is 2. The molecule has 20 heavy (non-hydrogen) atoms. The second-order valence-corrected chi connectivity index (χ2v) is 4.82. The maximum absolute atomic E-state index is 12.0. The van der Waals surface area contributed by atoms with Crippen LogP contribution in [0.5, 0.6) is 0 Å². The molecule has 0 aliphatic carbocycles. The van der Waals surface area contributed by atoms with E-state index in [1.807, 2.05) is 13.8 Å². The number of urea groups is 1. The smallest absolute Gasteiger partial charge is 0.335 e. The highest BCUT2D eigenvalue weighted by atomic mass is 16.4. The highest BCUT2D eigenvalue weighted by Crippen LogP contribution is 2.07. The van der Waals surface area contributed by atoms with Crippen LogP contribution in [-0.2, 0) is 6.54 Å². The molecule has 0 atom stereocenters. The van der Waals surface area contributed by atoms with E-state index in [2.05, 4.69) is 5.32 Å². The fraction of sp³-hybridized carbons (Fsp3) is 0.467. The van der Waals surface area contributed by atoms with Crippen LogP contribution in [0.15, 0.2) is 24.3 Å². The predicted octanol–water partition coefficient (Wildman–Crippen LogP) is 2.71. The molecule has 110 valence electrons. The summed E-state index contributed by atoms with van der Waals surface area (Å²) >= 11 is 0. The lowest BCUT2D eigenvalue weighted by Crippen LogP contribution is -2.42. The number of aromatic carboxylic acids is 1. The summed E-state index contributed by atoms with van der Waals surface area (Å²) < 4.78 is 0. The van der Waals surface area contributed by atoms with Gasteiger partial charge in [0.2, 0.25) is 0 Å². The van der Waals surface area contributed by atoms with Crippen molar-refractivity contribution in [2.45, 2.75) is 39.3 Å². The number of nitrogens with zero attached hydrogens (tertiary/aromatic N) is 1. The van der Waals surface area contributed by atoms with Crippen molar-refractivity contribution >= 4 is 12.0 Å². The van der Waals surface area contributed by atoms with Crippen molar-refractivity contribution in [1.82, 2.24) is 10.2 Å². The minimum Gasteiger partial charge on any atom is -0.478 e. The van der Waals surface area contributed by atoms with Crippen LogP contribution in [-0.4, -0.2) is 35.1 Å². The van der Waals surface area contributed by atoms with Crippen molar-refractivity contribution in [3.8, 4) is 0 Å². The Kier molecular flexibility index (Phi) is 6.03. The van der Waals surface area contributed by atoms with Gasteiger partial charge in [-0.05, 0) is 30.5 Å². The number of amides is 2. The first-order valence-corrected chi connectivity index (χ1v) is 6.81. The molecule has 1 rings (SSSR count). The zero-order valence-corrected chi connectivity index (χ0v) is 12.2. The van der Waals surface area contributed by atoms with Gasteiger partial charge in [-0.1, -0.05) is 26.0 Å². The van der Waals surface area contributed by atoms with Gasteiger partial charge >= 0.3 is 12.0 Å². The molecule has 0 aliphatic rings. The van der Waals surface area contributed by atoms with Crippen molar-refractivity contribution in [2.24, 2.45) is 0 Å². The molecule has 5 heteroatoms. The zero-order chi connectivity index (χ0) is 15.1. The Labute approximate surface area is 119 Å². The van der Waals surface area contributed by atoms with E-state index in [0.29, 0.717) is 6.54 Å². The Hall–Kier alpha value is -2.04. The fourth-order valence-electron chi connectivity index (χ4n) is 1.88. The van der Waals surface area contributed by atoms with Crippen LogP contribution in [0, 0.1) is 0 Å². The summed E-state index contributed by atoms with van der Waals surface area (Å²) in [5, 5.41) is 11.8. The molecule has 2 amide bonds. The molecule has 5 nitrogen and oxygen atoms in total. The Morgan fingerprint density at radius 2 is 1.75 bits per heavy atom. The summed E-state index contributed by atoms with van der Waals surface area (Å²) in [6.07, 6.45) is 1.81. The molecule has 0 spiro atoms. The van der Waals surface area contributed by atoms with Gasteiger partial charge in [0.25, 0.3) is 0 Å². The van der Waals surface area contributed by atoms with Crippen LogP contribution >= 0.6 is 0 Å². The minimum atomic E-state index is -0.948. The topological polar surface area (TPSA) is 69.6 Å². The Bertz CT molecular complexity index is 453. The second kappa shape index (κ2) is 7.53. The molecule has 0 unspecified atom stereocenters. The van der Waals surface area contributed by atoms with Crippen molar-refractivity contribution in [1.29, 1.82) is 0 Å². The quantitative estimate of drug-likeness (QED) is 0.840. The zero-order valence-electron chi connectivity index (χ0n) is 12.2. The van der Waals surface area contributed by atoms with Crippen LogP contribution in [0.2, 0.25) is 0 Å². The Balaban J connectivity index is 2.58. The third-order valence-corrected chi connectivity index (χ3v) is 3.28. The normalized spacial score (nSPS) is 10.4. The van der Waals surface area contributed by atoms with Gasteiger partial charge in [0.05, 0.1) is 5.56 Å². The Morgan fingerprint density at radius 3 is 2.20 bits per heavy atom. The van der Waals surface area contributed by atoms with Gasteiger partial charge in [-0.15, -0.1) is 0 Å². The van der Waals surface area contributed by atoms with Gasteiger partial charge < -0.3 is 15.3 Å². The number of carboxylic acid groups (broad SMARTS) is 1. The molecule has 0 aromatic heterocycles. The number of hydrogen-bond donors (Lipinski definition) is 2. The molecule has 1 aromatic carbocycles. The molecule has 0 aliphatic heterocycles. The van der Waals surface area contributed by atoms with Gasteiger partial charge in [-0.2, -0.15) is 0 Å². The van der Waals surface area contributed by atoms with Gasteiger partial charge in [-0.25, -0.2) is 9.59 Å². The number of carbonyl (C=O) groups excluding carboxylic acids is 1. The molecule has 0 bridgehead atoms. The van der Waals surface area contributed by atoms with E-state index >= 15 is 0 Å². The van der Waals surface area contributed by atoms with E-state index in [1.165, 1.54) is 0 Å². The van der Waals surface area contributed by atoms with Crippen LogP contribution in [0.3, 0.4) is 0 Å². The first kappa shape index (κ1) is 16.0. The van der Waals surface area contributed by atoms with Crippen LogP contribution < -0.4 is 5.32 Å². The SMILES string of the molecule is CCC(CC)NC(=O)N(C)Cc1ccc(C(=O)O)cc1. The number of hydrogen-bond acceptors (Lipinski definition) is 2. The molecule has 2 N–H and O–H groups in total. The van der Waals surface area contributed by atoms with Gasteiger partial charge in [0.1, 0.15) is 0 Å². The van der Waals surface area contributed by atoms with E-state index < -0.39 is 5.97 Å². The molecule has 0 radical (unpaired) electrons. The lowest BCUT2D eigenvalue weighted by molar-refractivity contribution is 0.0697. The minimum absolute atomic E-state index is 0.110. The number of benzene rings is 1. The first-order chi connectivity index (χ1) is 9.47. The molecule has 0 saturated heterocycles. The standard InChI is InChI=1S/C15H22N2O3/c1-4-13(5-2)16-15(20)17(3)10-11-6-8-12(9-7-11)14(18)19/h6-9,13H,4-5,10H2,1-3H3,(H,16,20)(H,18,19).